The summed E-state index contributed by atoms with van der Waals surface area (Å²) in [4.78, 5) is 0. The van der Waals surface area contributed by atoms with Crippen LogP contribution in [0.25, 0.3) is 0 Å². The number of unbranched alkanes of at least 4 members (excludes halogenated alkanes) is 6. The van der Waals surface area contributed by atoms with E-state index < -0.39 is 23.2 Å². The molecule has 238 valence electrons. The molecule has 0 aromatic carbocycles. The molecule has 2 atom stereocenters. The van der Waals surface area contributed by atoms with Crippen molar-refractivity contribution in [2.45, 2.75) is 176 Å². The summed E-state index contributed by atoms with van der Waals surface area (Å²) < 4.78 is 13.6. The first kappa shape index (κ1) is 36.5. The fourth-order valence-electron chi connectivity index (χ4n) is 7.34. The monoisotopic (exact) mass is 676 g/mol. The van der Waals surface area contributed by atoms with E-state index in [0.717, 1.165) is 20.5 Å². The molecule has 0 saturated heterocycles. The molecule has 4 aliphatic rings. The van der Waals surface area contributed by atoms with Crippen LogP contribution in [0.15, 0.2) is 45.6 Å². The molecule has 0 bridgehead atoms. The summed E-state index contributed by atoms with van der Waals surface area (Å²) in [5, 5.41) is 0. The van der Waals surface area contributed by atoms with Gasteiger partial charge in [0.25, 0.3) is 0 Å². The fraction of sp³-hybridized carbons (Fsp3) is 0.789. The van der Waals surface area contributed by atoms with E-state index in [2.05, 4.69) is 53.7 Å². The van der Waals surface area contributed by atoms with Gasteiger partial charge in [0.1, 0.15) is 0 Å². The summed E-state index contributed by atoms with van der Waals surface area (Å²) in [6, 6.07) is 0. The van der Waals surface area contributed by atoms with Crippen molar-refractivity contribution in [1.82, 2.24) is 0 Å². The van der Waals surface area contributed by atoms with Crippen molar-refractivity contribution >= 4 is 12.4 Å². The van der Waals surface area contributed by atoms with E-state index >= 15 is 0 Å². The van der Waals surface area contributed by atoms with Gasteiger partial charge in [0.05, 0.1) is 0 Å². The van der Waals surface area contributed by atoms with Gasteiger partial charge >= 0.3 is 267 Å². The van der Waals surface area contributed by atoms with Crippen LogP contribution in [0.3, 0.4) is 0 Å². The molecular formula is C38H63ClO2Zr. The minimum Gasteiger partial charge on any atom is -0.147 e. The zero-order valence-corrected chi connectivity index (χ0v) is 31.5. The van der Waals surface area contributed by atoms with Crippen LogP contribution in [0.5, 0.6) is 0 Å². The van der Waals surface area contributed by atoms with E-state index in [-0.39, 0.29) is 23.6 Å². The Hall–Kier alpha value is 0.0531. The molecule has 0 amide bonds. The van der Waals surface area contributed by atoms with E-state index in [1.165, 1.54) is 116 Å². The number of rotatable bonds is 16. The van der Waals surface area contributed by atoms with Crippen LogP contribution in [0.4, 0.5) is 0 Å². The van der Waals surface area contributed by atoms with Crippen molar-refractivity contribution < 1.29 is 32.7 Å². The van der Waals surface area contributed by atoms with Gasteiger partial charge in [-0.3, -0.25) is 0 Å². The fourth-order valence-corrected chi connectivity index (χ4v) is 12.3. The van der Waals surface area contributed by atoms with E-state index in [1.807, 2.05) is 22.3 Å². The molecule has 0 aromatic heterocycles. The standard InChI is InChI=1S/2C19H31O.ClH.Zr/c2*1-19(2,3)20-15-9-5-4-6-10-16-13-14-17-11-7-8-12-18(16)17;;/h2*13-14H,4-12,15H2,1-3H3;1H;. The third-order valence-corrected chi connectivity index (χ3v) is 13.7. The maximum Gasteiger partial charge on any atom is -0.147 e. The maximum absolute atomic E-state index is 5.93. The van der Waals surface area contributed by atoms with Gasteiger partial charge in [-0.2, -0.15) is 0 Å². The topological polar surface area (TPSA) is 18.5 Å². The van der Waals surface area contributed by atoms with Gasteiger partial charge < -0.3 is 0 Å². The van der Waals surface area contributed by atoms with E-state index in [0.29, 0.717) is 0 Å². The number of ether oxygens (including phenoxy) is 2. The molecule has 0 saturated carbocycles. The second-order valence-corrected chi connectivity index (χ2v) is 19.1. The molecule has 4 aliphatic carbocycles. The average Bonchev–Trinajstić information content (AvgIpc) is 3.44. The number of hydrogen-bond donors (Lipinski definition) is 0. The largest absolute Gasteiger partial charge is 0.147 e. The van der Waals surface area contributed by atoms with Crippen LogP contribution >= 0.6 is 12.4 Å². The van der Waals surface area contributed by atoms with Gasteiger partial charge in [0.2, 0.25) is 0 Å². The molecule has 0 heterocycles. The second kappa shape index (κ2) is 17.7. The van der Waals surface area contributed by atoms with Crippen LogP contribution in [0.2, 0.25) is 7.25 Å². The molecular weight excluding hydrogens is 615 g/mol. The zero-order chi connectivity index (χ0) is 29.3. The first-order valence-corrected chi connectivity index (χ1v) is 20.3. The third kappa shape index (κ3) is 11.8. The van der Waals surface area contributed by atoms with Crippen molar-refractivity contribution in [2.24, 2.45) is 0 Å². The van der Waals surface area contributed by atoms with Crippen molar-refractivity contribution in [3.05, 3.63) is 45.6 Å². The Morgan fingerprint density at radius 3 is 1.36 bits per heavy atom. The summed E-state index contributed by atoms with van der Waals surface area (Å²) in [6.45, 7) is 14.8. The maximum atomic E-state index is 5.93. The Balaban J connectivity index is 0.00000484. The van der Waals surface area contributed by atoms with Crippen molar-refractivity contribution in [2.75, 3.05) is 13.2 Å². The first-order valence-electron chi connectivity index (χ1n) is 17.5. The van der Waals surface area contributed by atoms with Gasteiger partial charge in [-0.25, -0.2) is 0 Å². The summed E-state index contributed by atoms with van der Waals surface area (Å²) in [7, 11) is 0. The van der Waals surface area contributed by atoms with Gasteiger partial charge in [-0.1, -0.05) is 0 Å². The predicted molar refractivity (Wildman–Crippen MR) is 179 cm³/mol. The SMILES string of the molecule is CC(C)(C)OCCCCCCC1=C[CH]([Zr][CH]2C=C(CCCCCCOC(C)(C)C)C3=C2CCCC3)C2=C1CCCC2.Cl. The average molecular weight is 679 g/mol. The molecule has 0 radical (unpaired) electrons. The number of allylic oxidation sites excluding steroid dienone is 8. The third-order valence-electron chi connectivity index (χ3n) is 9.39. The van der Waals surface area contributed by atoms with Gasteiger partial charge in [0.15, 0.2) is 0 Å². The quantitative estimate of drug-likeness (QED) is 0.151. The van der Waals surface area contributed by atoms with Gasteiger partial charge in [-0.15, -0.1) is 12.4 Å². The Bertz CT molecular complexity index is 896. The molecule has 0 N–H and O–H groups in total. The first-order chi connectivity index (χ1) is 19.6. The Labute approximate surface area is 278 Å². The van der Waals surface area contributed by atoms with E-state index in [9.17, 15) is 0 Å². The number of hydrogen-bond acceptors (Lipinski definition) is 2. The molecule has 2 nitrogen and oxygen atoms in total. The summed E-state index contributed by atoms with van der Waals surface area (Å²) in [6.07, 6.45) is 30.1. The van der Waals surface area contributed by atoms with Gasteiger partial charge in [0, 0.05) is 0 Å². The van der Waals surface area contributed by atoms with Crippen molar-refractivity contribution in [1.29, 1.82) is 0 Å². The second-order valence-electron chi connectivity index (χ2n) is 15.2. The normalized spacial score (nSPS) is 22.5. The van der Waals surface area contributed by atoms with Crippen LogP contribution in [-0.2, 0) is 32.7 Å². The van der Waals surface area contributed by atoms with Gasteiger partial charge in [-0.05, 0) is 0 Å². The van der Waals surface area contributed by atoms with Crippen molar-refractivity contribution in [3.8, 4) is 0 Å². The Morgan fingerprint density at radius 1 is 0.571 bits per heavy atom. The molecule has 42 heavy (non-hydrogen) atoms. The molecule has 0 aliphatic heterocycles. The van der Waals surface area contributed by atoms with Crippen LogP contribution < -0.4 is 0 Å². The molecule has 0 spiro atoms. The molecule has 2 unspecified atom stereocenters. The van der Waals surface area contributed by atoms with Crippen LogP contribution in [0.1, 0.15) is 157 Å². The Kier molecular flexibility index (Phi) is 15.4. The molecule has 4 heteroatoms. The molecule has 4 rings (SSSR count). The molecule has 0 aromatic rings. The Morgan fingerprint density at radius 2 is 0.952 bits per heavy atom. The zero-order valence-electron chi connectivity index (χ0n) is 28.2. The van der Waals surface area contributed by atoms with Crippen molar-refractivity contribution in [3.63, 3.8) is 0 Å². The molecule has 0 fully saturated rings. The van der Waals surface area contributed by atoms with E-state index in [1.54, 1.807) is 11.1 Å². The van der Waals surface area contributed by atoms with E-state index in [4.69, 9.17) is 9.47 Å². The van der Waals surface area contributed by atoms with Crippen LogP contribution in [-0.4, -0.2) is 24.4 Å². The summed E-state index contributed by atoms with van der Waals surface area (Å²) in [5.74, 6) is 0. The summed E-state index contributed by atoms with van der Waals surface area (Å²) in [5.41, 5.74) is 11.1. The summed E-state index contributed by atoms with van der Waals surface area (Å²) >= 11 is -0.594. The smallest absolute Gasteiger partial charge is 0.147 e. The van der Waals surface area contributed by atoms with Crippen LogP contribution in [0, 0.1) is 0 Å². The minimum atomic E-state index is -0.594. The minimum absolute atomic E-state index is 0. The number of halogens is 1. The predicted octanol–water partition coefficient (Wildman–Crippen LogP) is 12.2.